The Morgan fingerprint density at radius 2 is 2.20 bits per heavy atom. The summed E-state index contributed by atoms with van der Waals surface area (Å²) < 4.78 is 0. The molecule has 0 spiro atoms. The van der Waals surface area contributed by atoms with Gasteiger partial charge in [0.2, 0.25) is 0 Å². The molecule has 3 heterocycles. The van der Waals surface area contributed by atoms with Crippen molar-refractivity contribution in [2.45, 2.75) is 20.8 Å². The molecule has 0 fully saturated rings. The molecule has 0 radical (unpaired) electrons. The van der Waals surface area contributed by atoms with Crippen LogP contribution in [0, 0.1) is 13.8 Å². The summed E-state index contributed by atoms with van der Waals surface area (Å²) in [5.74, 6) is 0.736. The van der Waals surface area contributed by atoms with E-state index in [0.717, 1.165) is 27.3 Å². The number of hydrogen-bond donors (Lipinski definition) is 2. The molecule has 0 bridgehead atoms. The topological polar surface area (TPSA) is 78.8 Å². The number of fused-ring (bicyclic) bond motifs is 1. The zero-order chi connectivity index (χ0) is 14.1. The van der Waals surface area contributed by atoms with Crippen LogP contribution in [-0.4, -0.2) is 25.9 Å². The van der Waals surface area contributed by atoms with Gasteiger partial charge >= 0.3 is 0 Å². The van der Waals surface area contributed by atoms with Gasteiger partial charge in [-0.25, -0.2) is 9.97 Å². The number of thiophene rings is 1. The lowest BCUT2D eigenvalue weighted by atomic mass is 10.2. The van der Waals surface area contributed by atoms with Crippen molar-refractivity contribution in [1.82, 2.24) is 20.2 Å². The first kappa shape index (κ1) is 12.7. The highest BCUT2D eigenvalue weighted by molar-refractivity contribution is 7.18. The molecule has 3 aromatic rings. The predicted octanol–water partition coefficient (Wildman–Crippen LogP) is 2.87. The Bertz CT molecular complexity index is 772. The van der Waals surface area contributed by atoms with Gasteiger partial charge in [0.25, 0.3) is 0 Å². The Balaban J connectivity index is 1.97. The molecule has 3 aromatic heterocycles. The summed E-state index contributed by atoms with van der Waals surface area (Å²) in [7, 11) is 0. The van der Waals surface area contributed by atoms with Crippen molar-refractivity contribution in [3.63, 3.8) is 0 Å². The first-order valence-electron chi connectivity index (χ1n) is 6.17. The lowest BCUT2D eigenvalue weighted by Crippen LogP contribution is -2.00. The maximum atomic E-state index is 4.36. The zero-order valence-electron chi connectivity index (χ0n) is 11.4. The molecule has 20 heavy (non-hydrogen) atoms. The minimum absolute atomic E-state index is 0.736. The minimum atomic E-state index is 0.736. The second-order valence-corrected chi connectivity index (χ2v) is 5.68. The Labute approximate surface area is 120 Å². The third-order valence-corrected chi connectivity index (χ3v) is 4.33. The Morgan fingerprint density at radius 1 is 1.35 bits per heavy atom. The van der Waals surface area contributed by atoms with E-state index < -0.39 is 0 Å². The number of H-pyrrole nitrogens is 1. The third-order valence-electron chi connectivity index (χ3n) is 3.21. The number of hydrazone groups is 1. The smallest absolute Gasteiger partial charge is 0.158 e. The molecule has 0 saturated carbocycles. The molecule has 7 heteroatoms. The molecule has 0 amide bonds. The summed E-state index contributed by atoms with van der Waals surface area (Å²) in [6.07, 6.45) is 5.09. The number of hydrogen-bond acceptors (Lipinski definition) is 6. The molecular weight excluding hydrogens is 272 g/mol. The highest BCUT2D eigenvalue weighted by atomic mass is 32.1. The average molecular weight is 286 g/mol. The summed E-state index contributed by atoms with van der Waals surface area (Å²) in [4.78, 5) is 10.8. The van der Waals surface area contributed by atoms with Gasteiger partial charge in [0, 0.05) is 16.6 Å². The summed E-state index contributed by atoms with van der Waals surface area (Å²) in [6.45, 7) is 6.09. The quantitative estimate of drug-likeness (QED) is 0.573. The van der Waals surface area contributed by atoms with Gasteiger partial charge in [-0.05, 0) is 26.3 Å². The van der Waals surface area contributed by atoms with Crippen LogP contribution in [0.4, 0.5) is 5.82 Å². The van der Waals surface area contributed by atoms with E-state index in [4.69, 9.17) is 0 Å². The van der Waals surface area contributed by atoms with Crippen LogP contribution in [0.3, 0.4) is 0 Å². The van der Waals surface area contributed by atoms with E-state index in [1.807, 2.05) is 6.92 Å². The maximum Gasteiger partial charge on any atom is 0.158 e. The molecule has 0 unspecified atom stereocenters. The number of nitrogens with one attached hydrogen (secondary N) is 2. The van der Waals surface area contributed by atoms with Crippen molar-refractivity contribution < 1.29 is 0 Å². The molecule has 3 rings (SSSR count). The number of anilines is 1. The lowest BCUT2D eigenvalue weighted by molar-refractivity contribution is 1.09. The van der Waals surface area contributed by atoms with Crippen molar-refractivity contribution in [2.24, 2.45) is 5.10 Å². The van der Waals surface area contributed by atoms with Crippen molar-refractivity contribution in [1.29, 1.82) is 0 Å². The van der Waals surface area contributed by atoms with Gasteiger partial charge in [0.15, 0.2) is 5.82 Å². The molecular formula is C13H14N6S. The molecule has 0 aromatic carbocycles. The Kier molecular flexibility index (Phi) is 3.19. The van der Waals surface area contributed by atoms with Crippen molar-refractivity contribution >= 4 is 33.1 Å². The summed E-state index contributed by atoms with van der Waals surface area (Å²) in [5.41, 5.74) is 6.02. The summed E-state index contributed by atoms with van der Waals surface area (Å²) >= 11 is 1.67. The van der Waals surface area contributed by atoms with Gasteiger partial charge < -0.3 is 0 Å². The monoisotopic (exact) mass is 286 g/mol. The van der Waals surface area contributed by atoms with E-state index in [-0.39, 0.29) is 0 Å². The Morgan fingerprint density at radius 3 is 2.95 bits per heavy atom. The van der Waals surface area contributed by atoms with Crippen molar-refractivity contribution in [3.8, 4) is 0 Å². The first-order valence-corrected chi connectivity index (χ1v) is 6.98. The lowest BCUT2D eigenvalue weighted by Gasteiger charge is -2.03. The van der Waals surface area contributed by atoms with Crippen LogP contribution in [0.15, 0.2) is 23.8 Å². The van der Waals surface area contributed by atoms with Gasteiger partial charge in [0.05, 0.1) is 17.3 Å². The highest BCUT2D eigenvalue weighted by Crippen LogP contribution is 2.32. The number of aromatic amines is 1. The molecule has 0 atom stereocenters. The van der Waals surface area contributed by atoms with E-state index in [9.17, 15) is 0 Å². The van der Waals surface area contributed by atoms with Crippen LogP contribution >= 0.6 is 11.3 Å². The second-order valence-electron chi connectivity index (χ2n) is 4.48. The molecule has 0 aliphatic heterocycles. The number of nitrogens with zero attached hydrogens (tertiary/aromatic N) is 4. The van der Waals surface area contributed by atoms with Crippen molar-refractivity contribution in [3.05, 3.63) is 34.7 Å². The van der Waals surface area contributed by atoms with Gasteiger partial charge in [0.1, 0.15) is 11.2 Å². The number of rotatable bonds is 3. The Hall–Kier alpha value is -2.28. The highest BCUT2D eigenvalue weighted by Gasteiger charge is 2.11. The molecule has 0 aliphatic carbocycles. The van der Waals surface area contributed by atoms with Crippen LogP contribution in [0.2, 0.25) is 0 Å². The first-order chi connectivity index (χ1) is 9.66. The maximum absolute atomic E-state index is 4.36. The molecule has 2 N–H and O–H groups in total. The molecule has 6 nitrogen and oxygen atoms in total. The van der Waals surface area contributed by atoms with E-state index >= 15 is 0 Å². The minimum Gasteiger partial charge on any atom is -0.285 e. The molecule has 0 aliphatic rings. The van der Waals surface area contributed by atoms with Crippen LogP contribution in [-0.2, 0) is 0 Å². The average Bonchev–Trinajstić information content (AvgIpc) is 3.06. The van der Waals surface area contributed by atoms with Crippen LogP contribution in [0.1, 0.15) is 22.9 Å². The van der Waals surface area contributed by atoms with Crippen LogP contribution < -0.4 is 5.43 Å². The van der Waals surface area contributed by atoms with Crippen LogP contribution in [0.5, 0.6) is 0 Å². The van der Waals surface area contributed by atoms with Gasteiger partial charge in [-0.3, -0.25) is 10.5 Å². The van der Waals surface area contributed by atoms with E-state index in [2.05, 4.69) is 44.5 Å². The predicted molar refractivity (Wildman–Crippen MR) is 81.3 cm³/mol. The van der Waals surface area contributed by atoms with E-state index in [1.54, 1.807) is 30.1 Å². The standard InChI is InChI=1S/C13H14N6S/c1-7-9(3)20-13-11(7)12(14-6-15-13)19-18-8(2)10-4-16-17-5-10/h4-6H,1-3H3,(H,16,17)(H,14,15,19)/b18-8+. The molecule has 0 saturated heterocycles. The summed E-state index contributed by atoms with van der Waals surface area (Å²) in [5, 5.41) is 12.1. The van der Waals surface area contributed by atoms with Crippen molar-refractivity contribution in [2.75, 3.05) is 5.43 Å². The van der Waals surface area contributed by atoms with Gasteiger partial charge in [-0.15, -0.1) is 11.3 Å². The third kappa shape index (κ3) is 2.16. The second kappa shape index (κ2) is 5.01. The van der Waals surface area contributed by atoms with Gasteiger partial charge in [-0.2, -0.15) is 10.2 Å². The van der Waals surface area contributed by atoms with Gasteiger partial charge in [-0.1, -0.05) is 0 Å². The SMILES string of the molecule is C/C(=N\Nc1ncnc2sc(C)c(C)c12)c1cn[nH]c1. The fourth-order valence-corrected chi connectivity index (χ4v) is 2.91. The molecule has 102 valence electrons. The number of aryl methyl sites for hydroxylation is 2. The fraction of sp³-hybridized carbons (Fsp3) is 0.231. The van der Waals surface area contributed by atoms with E-state index in [1.165, 1.54) is 10.4 Å². The van der Waals surface area contributed by atoms with E-state index in [0.29, 0.717) is 0 Å². The normalized spacial score (nSPS) is 12.1. The largest absolute Gasteiger partial charge is 0.285 e. The number of aromatic nitrogens is 4. The van der Waals surface area contributed by atoms with Crippen LogP contribution in [0.25, 0.3) is 10.2 Å². The fourth-order valence-electron chi connectivity index (χ4n) is 1.92. The zero-order valence-corrected chi connectivity index (χ0v) is 12.2. The summed E-state index contributed by atoms with van der Waals surface area (Å²) in [6, 6.07) is 0.